The van der Waals surface area contributed by atoms with Crippen LogP contribution in [0.1, 0.15) is 55.5 Å². The van der Waals surface area contributed by atoms with Crippen LogP contribution in [0.5, 0.6) is 11.5 Å². The summed E-state index contributed by atoms with van der Waals surface area (Å²) in [5, 5.41) is 11.7. The van der Waals surface area contributed by atoms with Gasteiger partial charge in [-0.2, -0.15) is 0 Å². The summed E-state index contributed by atoms with van der Waals surface area (Å²) in [6, 6.07) is 22.0. The van der Waals surface area contributed by atoms with Gasteiger partial charge in [0.25, 0.3) is 11.7 Å². The van der Waals surface area contributed by atoms with E-state index in [0.29, 0.717) is 35.6 Å². The fourth-order valence-corrected chi connectivity index (χ4v) is 4.88. The molecule has 1 unspecified atom stereocenters. The molecule has 3 aromatic rings. The number of rotatable bonds is 8. The van der Waals surface area contributed by atoms with E-state index in [-0.39, 0.29) is 16.7 Å². The van der Waals surface area contributed by atoms with Crippen LogP contribution in [0.4, 0.5) is 0 Å². The molecule has 0 bridgehead atoms. The Labute approximate surface area is 231 Å². The summed E-state index contributed by atoms with van der Waals surface area (Å²) < 4.78 is 6.06. The quantitative estimate of drug-likeness (QED) is 0.207. The second-order valence-corrected chi connectivity index (χ2v) is 11.4. The number of ether oxygens (including phenoxy) is 1. The Morgan fingerprint density at radius 1 is 0.949 bits per heavy atom. The average Bonchev–Trinajstić information content (AvgIpc) is 3.13. The number of para-hydroxylation sites is 1. The van der Waals surface area contributed by atoms with Crippen molar-refractivity contribution in [1.82, 2.24) is 9.80 Å². The Hall–Kier alpha value is -3.90. The predicted molar refractivity (Wildman–Crippen MR) is 155 cm³/mol. The van der Waals surface area contributed by atoms with Crippen LogP contribution in [0, 0.1) is 6.92 Å². The highest BCUT2D eigenvalue weighted by atomic mass is 16.5. The minimum atomic E-state index is -0.732. The highest BCUT2D eigenvalue weighted by molar-refractivity contribution is 6.46. The van der Waals surface area contributed by atoms with Gasteiger partial charge in [0.05, 0.1) is 11.6 Å². The number of carbonyl (C=O) groups excluding carboxylic acids is 2. The Kier molecular flexibility index (Phi) is 8.26. The van der Waals surface area contributed by atoms with Gasteiger partial charge in [-0.05, 0) is 86.4 Å². The Morgan fingerprint density at radius 3 is 2.31 bits per heavy atom. The zero-order valence-electron chi connectivity index (χ0n) is 23.7. The molecule has 0 radical (unpaired) electrons. The first kappa shape index (κ1) is 28.1. The van der Waals surface area contributed by atoms with Gasteiger partial charge in [-0.3, -0.25) is 9.59 Å². The van der Waals surface area contributed by atoms with Crippen molar-refractivity contribution in [2.75, 3.05) is 27.2 Å². The summed E-state index contributed by atoms with van der Waals surface area (Å²) in [7, 11) is 3.95. The third-order valence-corrected chi connectivity index (χ3v) is 7.06. The lowest BCUT2D eigenvalue weighted by Crippen LogP contribution is -2.32. The number of aliphatic hydroxyl groups is 1. The number of benzene rings is 3. The molecule has 6 nitrogen and oxygen atoms in total. The number of nitrogens with zero attached hydrogens (tertiary/aromatic N) is 2. The highest BCUT2D eigenvalue weighted by Gasteiger charge is 2.46. The van der Waals surface area contributed by atoms with E-state index in [0.717, 1.165) is 17.7 Å². The van der Waals surface area contributed by atoms with E-state index in [4.69, 9.17) is 4.74 Å². The molecule has 1 amide bonds. The van der Waals surface area contributed by atoms with E-state index in [1.165, 1.54) is 0 Å². The summed E-state index contributed by atoms with van der Waals surface area (Å²) in [4.78, 5) is 30.5. The molecule has 0 saturated carbocycles. The molecule has 4 rings (SSSR count). The largest absolute Gasteiger partial charge is 0.507 e. The van der Waals surface area contributed by atoms with Crippen LogP contribution in [-0.2, 0) is 15.0 Å². The molecule has 1 aliphatic heterocycles. The number of hydrogen-bond donors (Lipinski definition) is 1. The summed E-state index contributed by atoms with van der Waals surface area (Å²) in [6.07, 6.45) is 0.690. The molecular formula is C33H38N2O4. The normalized spacial score (nSPS) is 17.2. The number of hydrogen-bond acceptors (Lipinski definition) is 5. The van der Waals surface area contributed by atoms with Gasteiger partial charge in [0, 0.05) is 12.1 Å². The fourth-order valence-electron chi connectivity index (χ4n) is 4.88. The predicted octanol–water partition coefficient (Wildman–Crippen LogP) is 6.46. The third kappa shape index (κ3) is 6.23. The molecule has 0 aromatic heterocycles. The Balaban J connectivity index is 1.84. The minimum absolute atomic E-state index is 0.107. The molecule has 1 fully saturated rings. The van der Waals surface area contributed by atoms with Crippen molar-refractivity contribution in [1.29, 1.82) is 0 Å². The maximum atomic E-state index is 13.5. The molecule has 0 spiro atoms. The lowest BCUT2D eigenvalue weighted by atomic mass is 9.84. The van der Waals surface area contributed by atoms with Gasteiger partial charge < -0.3 is 19.6 Å². The third-order valence-electron chi connectivity index (χ3n) is 7.06. The smallest absolute Gasteiger partial charge is 0.295 e. The SMILES string of the molecule is Cc1ccc(C(C)(C)C)cc1/C(O)=C1\C(=O)C(=O)N(CCCN(C)C)C1c1cccc(Oc2ccccc2)c1. The lowest BCUT2D eigenvalue weighted by molar-refractivity contribution is -0.139. The van der Waals surface area contributed by atoms with Gasteiger partial charge >= 0.3 is 0 Å². The average molecular weight is 527 g/mol. The van der Waals surface area contributed by atoms with Crippen LogP contribution < -0.4 is 4.74 Å². The van der Waals surface area contributed by atoms with Crippen molar-refractivity contribution >= 4 is 17.4 Å². The maximum absolute atomic E-state index is 13.5. The number of aliphatic hydroxyl groups excluding tert-OH is 1. The van der Waals surface area contributed by atoms with Gasteiger partial charge in [-0.1, -0.05) is 63.2 Å². The molecule has 3 aromatic carbocycles. The standard InChI is InChI=1S/C33H38N2O4/c1-22-16-17-24(33(2,3)4)21-27(22)30(36)28-29(35(32(38)31(28)37)19-11-18-34(5)6)23-12-10-15-26(20-23)39-25-13-8-7-9-14-25/h7-10,12-17,20-21,29,36H,11,18-19H2,1-6H3/b30-28+. The van der Waals surface area contributed by atoms with Gasteiger partial charge in [0.15, 0.2) is 0 Å². The second-order valence-electron chi connectivity index (χ2n) is 11.4. The van der Waals surface area contributed by atoms with Gasteiger partial charge in [-0.25, -0.2) is 0 Å². The minimum Gasteiger partial charge on any atom is -0.507 e. The molecule has 204 valence electrons. The van der Waals surface area contributed by atoms with Crippen LogP contribution in [0.15, 0.2) is 78.4 Å². The first-order chi connectivity index (χ1) is 18.5. The second kappa shape index (κ2) is 11.5. The van der Waals surface area contributed by atoms with Crippen molar-refractivity contribution in [2.45, 2.75) is 45.6 Å². The van der Waals surface area contributed by atoms with Crippen molar-refractivity contribution < 1.29 is 19.4 Å². The number of likely N-dealkylation sites (tertiary alicyclic amines) is 1. The molecule has 1 saturated heterocycles. The Morgan fingerprint density at radius 2 is 1.64 bits per heavy atom. The monoisotopic (exact) mass is 526 g/mol. The molecule has 6 heteroatoms. The first-order valence-corrected chi connectivity index (χ1v) is 13.3. The molecular weight excluding hydrogens is 488 g/mol. The molecule has 1 heterocycles. The summed E-state index contributed by atoms with van der Waals surface area (Å²) in [5.74, 6) is -0.143. The van der Waals surface area contributed by atoms with Crippen molar-refractivity contribution in [3.63, 3.8) is 0 Å². The van der Waals surface area contributed by atoms with Crippen molar-refractivity contribution in [3.05, 3.63) is 101 Å². The number of Topliss-reactive ketones (excluding diaryl/α,β-unsaturated/α-hetero) is 1. The summed E-state index contributed by atoms with van der Waals surface area (Å²) >= 11 is 0. The van der Waals surface area contributed by atoms with Crippen LogP contribution in [0.3, 0.4) is 0 Å². The van der Waals surface area contributed by atoms with Crippen LogP contribution in [0.2, 0.25) is 0 Å². The van der Waals surface area contributed by atoms with Gasteiger partial charge in [0.2, 0.25) is 0 Å². The number of aryl methyl sites for hydroxylation is 1. The van der Waals surface area contributed by atoms with E-state index < -0.39 is 17.7 Å². The molecule has 0 aliphatic carbocycles. The van der Waals surface area contributed by atoms with Gasteiger partial charge in [-0.15, -0.1) is 0 Å². The Bertz CT molecular complexity index is 1390. The molecule has 1 N–H and O–H groups in total. The van der Waals surface area contributed by atoms with Crippen LogP contribution in [-0.4, -0.2) is 53.8 Å². The first-order valence-electron chi connectivity index (χ1n) is 13.3. The fraction of sp³-hybridized carbons (Fsp3) is 0.333. The molecule has 1 aliphatic rings. The number of carbonyl (C=O) groups is 2. The zero-order valence-corrected chi connectivity index (χ0v) is 23.7. The molecule has 1 atom stereocenters. The lowest BCUT2D eigenvalue weighted by Gasteiger charge is -2.26. The highest BCUT2D eigenvalue weighted by Crippen LogP contribution is 2.41. The van der Waals surface area contributed by atoms with Gasteiger partial charge in [0.1, 0.15) is 17.3 Å². The van der Waals surface area contributed by atoms with Crippen LogP contribution >= 0.6 is 0 Å². The maximum Gasteiger partial charge on any atom is 0.295 e. The van der Waals surface area contributed by atoms with E-state index in [1.807, 2.05) is 98.7 Å². The van der Waals surface area contributed by atoms with E-state index in [2.05, 4.69) is 20.8 Å². The van der Waals surface area contributed by atoms with Crippen molar-refractivity contribution in [3.8, 4) is 11.5 Å². The zero-order chi connectivity index (χ0) is 28.3. The van der Waals surface area contributed by atoms with E-state index >= 15 is 0 Å². The topological polar surface area (TPSA) is 70.1 Å². The number of ketones is 1. The van der Waals surface area contributed by atoms with E-state index in [1.54, 1.807) is 4.90 Å². The number of amides is 1. The summed E-state index contributed by atoms with van der Waals surface area (Å²) in [5.41, 5.74) is 3.10. The molecule has 39 heavy (non-hydrogen) atoms. The van der Waals surface area contributed by atoms with Crippen molar-refractivity contribution in [2.24, 2.45) is 0 Å². The van der Waals surface area contributed by atoms with Crippen LogP contribution in [0.25, 0.3) is 5.76 Å². The van der Waals surface area contributed by atoms with E-state index in [9.17, 15) is 14.7 Å². The summed E-state index contributed by atoms with van der Waals surface area (Å²) in [6.45, 7) is 9.35.